The summed E-state index contributed by atoms with van der Waals surface area (Å²) in [4.78, 5) is 4.31. The van der Waals surface area contributed by atoms with Crippen LogP contribution in [0.15, 0.2) is 27.7 Å². The SMILES string of the molecule is COc1ccc(Br)cc1CN=C(N)NC1CC1.I. The number of methoxy groups -OCH3 is 1. The third kappa shape index (κ3) is 4.64. The molecule has 2 rings (SSSR count). The van der Waals surface area contributed by atoms with Crippen molar-refractivity contribution in [3.63, 3.8) is 0 Å². The van der Waals surface area contributed by atoms with E-state index in [1.54, 1.807) is 7.11 Å². The molecule has 1 aromatic rings. The lowest BCUT2D eigenvalue weighted by molar-refractivity contribution is 0.410. The molecule has 0 spiro atoms. The molecule has 0 heterocycles. The molecule has 0 bridgehead atoms. The number of aliphatic imine (C=N–C) groups is 1. The van der Waals surface area contributed by atoms with Crippen molar-refractivity contribution in [1.29, 1.82) is 0 Å². The first-order valence-corrected chi connectivity index (χ1v) is 6.37. The molecular weight excluding hydrogens is 409 g/mol. The van der Waals surface area contributed by atoms with Crippen LogP contribution in [0.5, 0.6) is 5.75 Å². The van der Waals surface area contributed by atoms with E-state index in [4.69, 9.17) is 10.5 Å². The van der Waals surface area contributed by atoms with Crippen molar-refractivity contribution in [2.75, 3.05) is 7.11 Å². The van der Waals surface area contributed by atoms with E-state index in [1.807, 2.05) is 18.2 Å². The third-order valence-corrected chi connectivity index (χ3v) is 3.08. The van der Waals surface area contributed by atoms with Gasteiger partial charge < -0.3 is 15.8 Å². The van der Waals surface area contributed by atoms with Gasteiger partial charge in [-0.05, 0) is 31.0 Å². The molecule has 0 aromatic heterocycles. The highest BCUT2D eigenvalue weighted by atomic mass is 127. The number of ether oxygens (including phenoxy) is 1. The highest BCUT2D eigenvalue weighted by Crippen LogP contribution is 2.23. The lowest BCUT2D eigenvalue weighted by atomic mass is 10.2. The maximum Gasteiger partial charge on any atom is 0.189 e. The van der Waals surface area contributed by atoms with Crippen LogP contribution in [-0.4, -0.2) is 19.1 Å². The first-order valence-electron chi connectivity index (χ1n) is 5.58. The standard InChI is InChI=1S/C12H16BrN3O.HI/c1-17-11-5-2-9(13)6-8(11)7-15-12(14)16-10-3-4-10;/h2,5-6,10H,3-4,7H2,1H3,(H3,14,15,16);1H. The van der Waals surface area contributed by atoms with Crippen LogP contribution in [0.25, 0.3) is 0 Å². The van der Waals surface area contributed by atoms with Crippen LogP contribution in [0.4, 0.5) is 0 Å². The second kappa shape index (κ2) is 7.18. The molecule has 0 atom stereocenters. The maximum atomic E-state index is 5.78. The maximum absolute atomic E-state index is 5.78. The topological polar surface area (TPSA) is 59.6 Å². The molecule has 0 amide bonds. The van der Waals surface area contributed by atoms with Crippen LogP contribution in [0.1, 0.15) is 18.4 Å². The number of nitrogens with two attached hydrogens (primary N) is 1. The summed E-state index contributed by atoms with van der Waals surface area (Å²) in [5, 5.41) is 3.15. The Bertz CT molecular complexity index is 435. The van der Waals surface area contributed by atoms with Crippen LogP contribution in [0, 0.1) is 0 Å². The van der Waals surface area contributed by atoms with Gasteiger partial charge in [0.25, 0.3) is 0 Å². The molecule has 18 heavy (non-hydrogen) atoms. The summed E-state index contributed by atoms with van der Waals surface area (Å²) in [5.74, 6) is 1.34. The molecule has 3 N–H and O–H groups in total. The molecule has 4 nitrogen and oxygen atoms in total. The van der Waals surface area contributed by atoms with Crippen molar-refractivity contribution < 1.29 is 4.74 Å². The average molecular weight is 426 g/mol. The Balaban J connectivity index is 0.00000162. The Morgan fingerprint density at radius 2 is 2.28 bits per heavy atom. The summed E-state index contributed by atoms with van der Waals surface area (Å²) < 4.78 is 6.29. The summed E-state index contributed by atoms with van der Waals surface area (Å²) >= 11 is 3.43. The van der Waals surface area contributed by atoms with Gasteiger partial charge in [0.15, 0.2) is 5.96 Å². The molecule has 0 unspecified atom stereocenters. The van der Waals surface area contributed by atoms with Crippen LogP contribution < -0.4 is 15.8 Å². The van der Waals surface area contributed by atoms with Gasteiger partial charge in [-0.2, -0.15) is 0 Å². The number of guanidine groups is 1. The average Bonchev–Trinajstić information content (AvgIpc) is 3.10. The molecule has 6 heteroatoms. The minimum absolute atomic E-state index is 0. The Kier molecular flexibility index (Phi) is 6.20. The van der Waals surface area contributed by atoms with Crippen molar-refractivity contribution in [2.45, 2.75) is 25.4 Å². The number of benzene rings is 1. The number of nitrogens with zero attached hydrogens (tertiary/aromatic N) is 1. The van der Waals surface area contributed by atoms with Gasteiger partial charge in [-0.3, -0.25) is 0 Å². The molecule has 1 aliphatic rings. The second-order valence-electron chi connectivity index (χ2n) is 4.08. The summed E-state index contributed by atoms with van der Waals surface area (Å²) in [6.07, 6.45) is 2.38. The van der Waals surface area contributed by atoms with E-state index in [9.17, 15) is 0 Å². The summed E-state index contributed by atoms with van der Waals surface area (Å²) in [6, 6.07) is 6.38. The highest BCUT2D eigenvalue weighted by Gasteiger charge is 2.21. The monoisotopic (exact) mass is 425 g/mol. The van der Waals surface area contributed by atoms with Crippen molar-refractivity contribution in [3.05, 3.63) is 28.2 Å². The minimum atomic E-state index is 0. The number of rotatable bonds is 4. The predicted molar refractivity (Wildman–Crippen MR) is 87.6 cm³/mol. The largest absolute Gasteiger partial charge is 0.496 e. The van der Waals surface area contributed by atoms with Crippen LogP contribution in [0.2, 0.25) is 0 Å². The van der Waals surface area contributed by atoms with E-state index < -0.39 is 0 Å². The van der Waals surface area contributed by atoms with Crippen molar-refractivity contribution in [3.8, 4) is 5.75 Å². The molecule has 1 aromatic carbocycles. The fourth-order valence-corrected chi connectivity index (χ4v) is 1.93. The number of nitrogens with one attached hydrogen (secondary N) is 1. The van der Waals surface area contributed by atoms with Crippen LogP contribution in [0.3, 0.4) is 0 Å². The molecule has 1 fully saturated rings. The summed E-state index contributed by atoms with van der Waals surface area (Å²) in [5.41, 5.74) is 6.79. The third-order valence-electron chi connectivity index (χ3n) is 2.59. The van der Waals surface area contributed by atoms with Gasteiger partial charge >= 0.3 is 0 Å². The van der Waals surface area contributed by atoms with Gasteiger partial charge in [-0.15, -0.1) is 24.0 Å². The molecular formula is C12H17BrIN3O. The normalized spacial score (nSPS) is 14.9. The van der Waals surface area contributed by atoms with Gasteiger partial charge in [0.2, 0.25) is 0 Å². The Morgan fingerprint density at radius 1 is 1.56 bits per heavy atom. The minimum Gasteiger partial charge on any atom is -0.496 e. The fraction of sp³-hybridized carbons (Fsp3) is 0.417. The number of halogens is 2. The van der Waals surface area contributed by atoms with Gasteiger partial charge in [0, 0.05) is 16.1 Å². The van der Waals surface area contributed by atoms with E-state index in [0.29, 0.717) is 18.5 Å². The molecule has 0 aliphatic heterocycles. The van der Waals surface area contributed by atoms with Crippen molar-refractivity contribution in [1.82, 2.24) is 5.32 Å². The van der Waals surface area contributed by atoms with E-state index in [0.717, 1.165) is 15.8 Å². The lowest BCUT2D eigenvalue weighted by Gasteiger charge is -2.08. The number of hydrogen-bond acceptors (Lipinski definition) is 2. The smallest absolute Gasteiger partial charge is 0.189 e. The van der Waals surface area contributed by atoms with E-state index in [1.165, 1.54) is 12.8 Å². The van der Waals surface area contributed by atoms with E-state index >= 15 is 0 Å². The second-order valence-corrected chi connectivity index (χ2v) is 4.99. The Morgan fingerprint density at radius 3 is 2.89 bits per heavy atom. The van der Waals surface area contributed by atoms with Gasteiger partial charge in [0.05, 0.1) is 13.7 Å². The van der Waals surface area contributed by atoms with Gasteiger partial charge in [-0.1, -0.05) is 15.9 Å². The van der Waals surface area contributed by atoms with Gasteiger partial charge in [0.1, 0.15) is 5.75 Å². The first kappa shape index (κ1) is 15.6. The zero-order chi connectivity index (χ0) is 12.3. The Labute approximate surface area is 133 Å². The predicted octanol–water partition coefficient (Wildman–Crippen LogP) is 2.64. The highest BCUT2D eigenvalue weighted by molar-refractivity contribution is 14.0. The molecule has 100 valence electrons. The van der Waals surface area contributed by atoms with Crippen molar-refractivity contribution >= 4 is 45.9 Å². The summed E-state index contributed by atoms with van der Waals surface area (Å²) in [6.45, 7) is 0.522. The molecule has 0 radical (unpaired) electrons. The number of hydrogen-bond donors (Lipinski definition) is 2. The zero-order valence-electron chi connectivity index (χ0n) is 10.1. The van der Waals surface area contributed by atoms with Crippen molar-refractivity contribution in [2.24, 2.45) is 10.7 Å². The molecule has 0 saturated heterocycles. The van der Waals surface area contributed by atoms with Gasteiger partial charge in [-0.25, -0.2) is 4.99 Å². The summed E-state index contributed by atoms with van der Waals surface area (Å²) in [7, 11) is 1.66. The quantitative estimate of drug-likeness (QED) is 0.443. The van der Waals surface area contributed by atoms with Crippen LogP contribution in [-0.2, 0) is 6.54 Å². The molecule has 1 saturated carbocycles. The zero-order valence-corrected chi connectivity index (χ0v) is 14.1. The van der Waals surface area contributed by atoms with Crippen LogP contribution >= 0.6 is 39.9 Å². The van der Waals surface area contributed by atoms with E-state index in [-0.39, 0.29) is 24.0 Å². The Hall–Kier alpha value is -0.500. The molecule has 1 aliphatic carbocycles. The lowest BCUT2D eigenvalue weighted by Crippen LogP contribution is -2.33. The first-order chi connectivity index (χ1) is 8.19. The fourth-order valence-electron chi connectivity index (χ4n) is 1.52. The van der Waals surface area contributed by atoms with E-state index in [2.05, 4.69) is 26.2 Å².